The van der Waals surface area contributed by atoms with Gasteiger partial charge in [-0.25, -0.2) is 4.68 Å². The molecule has 0 saturated heterocycles. The summed E-state index contributed by atoms with van der Waals surface area (Å²) in [5.41, 5.74) is 8.07. The zero-order chi connectivity index (χ0) is 14.1. The van der Waals surface area contributed by atoms with E-state index in [9.17, 15) is 0 Å². The topological polar surface area (TPSA) is 53.1 Å². The molecule has 0 radical (unpaired) electrons. The van der Waals surface area contributed by atoms with Gasteiger partial charge in [0, 0.05) is 11.5 Å². The molecule has 0 saturated carbocycles. The summed E-state index contributed by atoms with van der Waals surface area (Å²) in [5.74, 6) is 1.57. The Balaban J connectivity index is 2.10. The van der Waals surface area contributed by atoms with Crippen molar-refractivity contribution in [3.8, 4) is 5.75 Å². The third-order valence-electron chi connectivity index (χ3n) is 3.45. The van der Waals surface area contributed by atoms with Gasteiger partial charge in [-0.1, -0.05) is 30.3 Å². The molecule has 0 bridgehead atoms. The second-order valence-corrected chi connectivity index (χ2v) is 4.84. The molecule has 0 aliphatic carbocycles. The third-order valence-corrected chi connectivity index (χ3v) is 3.45. The number of hydrogen-bond acceptors (Lipinski definition) is 3. The Morgan fingerprint density at radius 2 is 1.90 bits per heavy atom. The molecule has 0 atom stereocenters. The van der Waals surface area contributed by atoms with Gasteiger partial charge in [0.25, 0.3) is 0 Å². The minimum Gasteiger partial charge on any atom is -0.496 e. The molecular weight excluding hydrogens is 250 g/mol. The summed E-state index contributed by atoms with van der Waals surface area (Å²) >= 11 is 0. The molecule has 2 aromatic carbocycles. The van der Waals surface area contributed by atoms with E-state index in [1.807, 2.05) is 35.9 Å². The van der Waals surface area contributed by atoms with Crippen molar-refractivity contribution in [3.05, 3.63) is 53.7 Å². The highest BCUT2D eigenvalue weighted by molar-refractivity contribution is 5.91. The van der Waals surface area contributed by atoms with Crippen molar-refractivity contribution in [2.45, 2.75) is 13.5 Å². The van der Waals surface area contributed by atoms with Crippen molar-refractivity contribution in [2.24, 2.45) is 0 Å². The van der Waals surface area contributed by atoms with E-state index in [1.54, 1.807) is 7.11 Å². The fraction of sp³-hybridized carbons (Fsp3) is 0.188. The zero-order valence-electron chi connectivity index (χ0n) is 11.6. The predicted octanol–water partition coefficient (Wildman–Crippen LogP) is 2.98. The van der Waals surface area contributed by atoms with Crippen molar-refractivity contribution in [1.82, 2.24) is 9.78 Å². The molecule has 20 heavy (non-hydrogen) atoms. The minimum atomic E-state index is 0.657. The molecule has 3 rings (SSSR count). The number of aryl methyl sites for hydroxylation is 1. The van der Waals surface area contributed by atoms with Crippen LogP contribution in [0, 0.1) is 6.92 Å². The Bertz CT molecular complexity index is 762. The van der Waals surface area contributed by atoms with Crippen LogP contribution in [-0.2, 0) is 6.54 Å². The molecule has 0 spiro atoms. The number of ether oxygens (including phenoxy) is 1. The molecule has 0 aliphatic rings. The van der Waals surface area contributed by atoms with E-state index in [2.05, 4.69) is 23.3 Å². The van der Waals surface area contributed by atoms with Gasteiger partial charge in [0.1, 0.15) is 11.6 Å². The van der Waals surface area contributed by atoms with Crippen molar-refractivity contribution in [3.63, 3.8) is 0 Å². The number of nitrogens with zero attached hydrogens (tertiary/aromatic N) is 2. The van der Waals surface area contributed by atoms with Gasteiger partial charge in [0.05, 0.1) is 19.3 Å². The van der Waals surface area contributed by atoms with Gasteiger partial charge in [-0.05, 0) is 23.9 Å². The van der Waals surface area contributed by atoms with Gasteiger partial charge in [-0.15, -0.1) is 0 Å². The molecule has 0 aliphatic heterocycles. The van der Waals surface area contributed by atoms with Crippen molar-refractivity contribution >= 4 is 16.6 Å². The minimum absolute atomic E-state index is 0.657. The van der Waals surface area contributed by atoms with E-state index in [0.29, 0.717) is 12.4 Å². The summed E-state index contributed by atoms with van der Waals surface area (Å²) in [5, 5.41) is 6.69. The van der Waals surface area contributed by atoms with Crippen LogP contribution in [0.1, 0.15) is 11.3 Å². The first kappa shape index (κ1) is 12.5. The van der Waals surface area contributed by atoms with Crippen LogP contribution < -0.4 is 10.5 Å². The molecule has 3 aromatic rings. The second-order valence-electron chi connectivity index (χ2n) is 4.84. The molecule has 0 unspecified atom stereocenters. The van der Waals surface area contributed by atoms with Crippen LogP contribution in [0.2, 0.25) is 0 Å². The second kappa shape index (κ2) is 4.89. The maximum Gasteiger partial charge on any atom is 0.126 e. The fourth-order valence-electron chi connectivity index (χ4n) is 2.50. The van der Waals surface area contributed by atoms with Crippen molar-refractivity contribution in [2.75, 3.05) is 12.8 Å². The number of anilines is 1. The lowest BCUT2D eigenvalue weighted by molar-refractivity contribution is 0.419. The Hall–Kier alpha value is -2.49. The average Bonchev–Trinajstić information content (AvgIpc) is 2.77. The SMILES string of the molecule is COc1ccc(Cn2nc(C)cc2N)c2ccccc12. The lowest BCUT2D eigenvalue weighted by Gasteiger charge is -2.11. The highest BCUT2D eigenvalue weighted by Gasteiger charge is 2.08. The van der Waals surface area contributed by atoms with Crippen LogP contribution in [0.5, 0.6) is 5.75 Å². The Kier molecular flexibility index (Phi) is 3.06. The Morgan fingerprint density at radius 1 is 1.15 bits per heavy atom. The van der Waals surface area contributed by atoms with Gasteiger partial charge in [0.2, 0.25) is 0 Å². The number of aromatic nitrogens is 2. The summed E-state index contributed by atoms with van der Waals surface area (Å²) < 4.78 is 7.24. The highest BCUT2D eigenvalue weighted by atomic mass is 16.5. The van der Waals surface area contributed by atoms with Crippen molar-refractivity contribution < 1.29 is 4.74 Å². The first-order chi connectivity index (χ1) is 9.69. The van der Waals surface area contributed by atoms with Crippen molar-refractivity contribution in [1.29, 1.82) is 0 Å². The number of benzene rings is 2. The number of rotatable bonds is 3. The number of fused-ring (bicyclic) bond motifs is 1. The van der Waals surface area contributed by atoms with E-state index in [-0.39, 0.29) is 0 Å². The Morgan fingerprint density at radius 3 is 2.55 bits per heavy atom. The van der Waals surface area contributed by atoms with Gasteiger partial charge >= 0.3 is 0 Å². The van der Waals surface area contributed by atoms with Crippen LogP contribution >= 0.6 is 0 Å². The van der Waals surface area contributed by atoms with Crippen LogP contribution in [0.15, 0.2) is 42.5 Å². The predicted molar refractivity (Wildman–Crippen MR) is 81.0 cm³/mol. The highest BCUT2D eigenvalue weighted by Crippen LogP contribution is 2.29. The van der Waals surface area contributed by atoms with Gasteiger partial charge in [-0.2, -0.15) is 5.10 Å². The summed E-state index contributed by atoms with van der Waals surface area (Å²) in [7, 11) is 1.69. The number of nitrogens with two attached hydrogens (primary N) is 1. The molecule has 0 amide bonds. The quantitative estimate of drug-likeness (QED) is 0.793. The van der Waals surface area contributed by atoms with Crippen LogP contribution in [0.4, 0.5) is 5.82 Å². The maximum atomic E-state index is 5.97. The van der Waals surface area contributed by atoms with Crippen LogP contribution in [0.3, 0.4) is 0 Å². The molecule has 4 nitrogen and oxygen atoms in total. The van der Waals surface area contributed by atoms with E-state index in [1.165, 1.54) is 10.9 Å². The number of methoxy groups -OCH3 is 1. The Labute approximate surface area is 117 Å². The molecule has 1 heterocycles. The molecule has 1 aromatic heterocycles. The van der Waals surface area contributed by atoms with E-state index in [4.69, 9.17) is 10.5 Å². The van der Waals surface area contributed by atoms with Gasteiger partial charge < -0.3 is 10.5 Å². The monoisotopic (exact) mass is 267 g/mol. The molecular formula is C16H17N3O. The number of nitrogen functional groups attached to an aromatic ring is 1. The average molecular weight is 267 g/mol. The normalized spacial score (nSPS) is 10.9. The summed E-state index contributed by atoms with van der Waals surface area (Å²) in [6.45, 7) is 2.60. The largest absolute Gasteiger partial charge is 0.496 e. The smallest absolute Gasteiger partial charge is 0.126 e. The summed E-state index contributed by atoms with van der Waals surface area (Å²) in [6, 6.07) is 14.1. The molecule has 4 heteroatoms. The maximum absolute atomic E-state index is 5.97. The first-order valence-electron chi connectivity index (χ1n) is 6.53. The standard InChI is InChI=1S/C16H17N3O/c1-11-9-16(17)19(18-11)10-12-7-8-15(20-2)14-6-4-3-5-13(12)14/h3-9H,10,17H2,1-2H3. The zero-order valence-corrected chi connectivity index (χ0v) is 11.6. The molecule has 2 N–H and O–H groups in total. The van der Waals surface area contributed by atoms with Crippen LogP contribution in [-0.4, -0.2) is 16.9 Å². The fourth-order valence-corrected chi connectivity index (χ4v) is 2.50. The van der Waals surface area contributed by atoms with E-state index >= 15 is 0 Å². The van der Waals surface area contributed by atoms with E-state index < -0.39 is 0 Å². The van der Waals surface area contributed by atoms with Gasteiger partial charge in [0.15, 0.2) is 0 Å². The van der Waals surface area contributed by atoms with E-state index in [0.717, 1.165) is 16.8 Å². The first-order valence-corrected chi connectivity index (χ1v) is 6.53. The molecule has 0 fully saturated rings. The lowest BCUT2D eigenvalue weighted by atomic mass is 10.0. The van der Waals surface area contributed by atoms with Gasteiger partial charge in [-0.3, -0.25) is 0 Å². The van der Waals surface area contributed by atoms with Crippen LogP contribution in [0.25, 0.3) is 10.8 Å². The number of hydrogen-bond donors (Lipinski definition) is 1. The summed E-state index contributed by atoms with van der Waals surface area (Å²) in [6.07, 6.45) is 0. The third kappa shape index (κ3) is 2.09. The lowest BCUT2D eigenvalue weighted by Crippen LogP contribution is -2.06. The summed E-state index contributed by atoms with van der Waals surface area (Å²) in [4.78, 5) is 0. The molecule has 102 valence electrons.